The number of hydrogen-bond donors (Lipinski definition) is 2. The van der Waals surface area contributed by atoms with Crippen LogP contribution in [0.1, 0.15) is 41.1 Å². The second kappa shape index (κ2) is 6.73. The second-order valence-corrected chi connectivity index (χ2v) is 6.92. The minimum absolute atomic E-state index is 0.00845. The van der Waals surface area contributed by atoms with Crippen molar-refractivity contribution in [2.75, 3.05) is 0 Å². The molecule has 0 bridgehead atoms. The van der Waals surface area contributed by atoms with Crippen molar-refractivity contribution >= 4 is 5.78 Å². The Morgan fingerprint density at radius 1 is 1.11 bits per heavy atom. The van der Waals surface area contributed by atoms with E-state index in [1.54, 1.807) is 24.3 Å². The van der Waals surface area contributed by atoms with E-state index in [-0.39, 0.29) is 5.78 Å². The van der Waals surface area contributed by atoms with Crippen molar-refractivity contribution in [3.05, 3.63) is 81.5 Å². The average Bonchev–Trinajstić information content (AvgIpc) is 3.04. The predicted octanol–water partition coefficient (Wildman–Crippen LogP) is 3.53. The molecule has 1 aliphatic carbocycles. The van der Waals surface area contributed by atoms with E-state index in [4.69, 9.17) is 0 Å². The Balaban J connectivity index is 1.92. The number of Topliss-reactive ketones (excluding diaryl/α,β-unsaturated/α-hetero) is 1. The zero-order valence-electron chi connectivity index (χ0n) is 15.1. The molecule has 1 aliphatic rings. The number of ketones is 1. The quantitative estimate of drug-likeness (QED) is 0.730. The Labute approximate surface area is 160 Å². The number of pyridine rings is 1. The Kier molecular flexibility index (Phi) is 4.35. The van der Waals surface area contributed by atoms with E-state index in [0.717, 1.165) is 0 Å². The summed E-state index contributed by atoms with van der Waals surface area (Å²) in [5, 5.41) is 19.9. The number of aromatic hydroxyl groups is 1. The molecule has 1 unspecified atom stereocenters. The van der Waals surface area contributed by atoms with E-state index in [9.17, 15) is 24.2 Å². The number of aliphatic hydroxyl groups is 1. The normalized spacial score (nSPS) is 14.2. The summed E-state index contributed by atoms with van der Waals surface area (Å²) < 4.78 is 16.2. The molecule has 0 amide bonds. The molecule has 1 heterocycles. The lowest BCUT2D eigenvalue weighted by atomic mass is 9.95. The van der Waals surface area contributed by atoms with Gasteiger partial charge in [-0.3, -0.25) is 9.59 Å². The lowest BCUT2D eigenvalue weighted by Crippen LogP contribution is -2.13. The number of rotatable bonds is 3. The van der Waals surface area contributed by atoms with Crippen molar-refractivity contribution in [1.82, 2.24) is 4.57 Å². The van der Waals surface area contributed by atoms with Crippen molar-refractivity contribution < 1.29 is 19.4 Å². The zero-order valence-corrected chi connectivity index (χ0v) is 15.1. The highest BCUT2D eigenvalue weighted by Gasteiger charge is 2.25. The van der Waals surface area contributed by atoms with Crippen LogP contribution in [-0.2, 0) is 6.42 Å². The topological polar surface area (TPSA) is 79.5 Å². The van der Waals surface area contributed by atoms with E-state index >= 15 is 0 Å². The van der Waals surface area contributed by atoms with Gasteiger partial charge in [-0.25, -0.2) is 4.39 Å². The summed E-state index contributed by atoms with van der Waals surface area (Å²) in [6.07, 6.45) is 1.14. The van der Waals surface area contributed by atoms with Crippen molar-refractivity contribution in [1.29, 1.82) is 0 Å². The largest absolute Gasteiger partial charge is 0.503 e. The number of benzene rings is 2. The smallest absolute Gasteiger partial charge is 0.223 e. The molecule has 5 nitrogen and oxygen atoms in total. The predicted molar refractivity (Wildman–Crippen MR) is 102 cm³/mol. The molecule has 1 atom stereocenters. The van der Waals surface area contributed by atoms with Gasteiger partial charge in [-0.05, 0) is 48.7 Å². The van der Waals surface area contributed by atoms with E-state index in [2.05, 4.69) is 0 Å². The van der Waals surface area contributed by atoms with Gasteiger partial charge in [0.2, 0.25) is 5.43 Å². The summed E-state index contributed by atoms with van der Waals surface area (Å²) in [4.78, 5) is 23.8. The summed E-state index contributed by atoms with van der Waals surface area (Å²) in [7, 11) is 0. The molecule has 0 saturated heterocycles. The SMILES string of the molecule is CC(O)c1cc(=O)c(O)cn1-c1cccc(-c2c(F)ccc3c2CCC3=O)c1. The molecule has 0 radical (unpaired) electrons. The third-order valence-corrected chi connectivity index (χ3v) is 5.07. The fraction of sp³-hybridized carbons (Fsp3) is 0.182. The summed E-state index contributed by atoms with van der Waals surface area (Å²) in [5.74, 6) is -0.856. The number of aromatic nitrogens is 1. The molecule has 2 N–H and O–H groups in total. The molecule has 0 spiro atoms. The number of hydrogen-bond acceptors (Lipinski definition) is 4. The molecule has 0 aliphatic heterocycles. The van der Waals surface area contributed by atoms with Gasteiger partial charge in [0.05, 0.1) is 18.0 Å². The molecule has 2 aromatic carbocycles. The minimum Gasteiger partial charge on any atom is -0.503 e. The molecule has 0 fully saturated rings. The van der Waals surface area contributed by atoms with Gasteiger partial charge in [-0.1, -0.05) is 12.1 Å². The Morgan fingerprint density at radius 2 is 1.89 bits per heavy atom. The Bertz CT molecular complexity index is 1160. The highest BCUT2D eigenvalue weighted by Crippen LogP contribution is 2.35. The van der Waals surface area contributed by atoms with Gasteiger partial charge >= 0.3 is 0 Å². The fourth-order valence-corrected chi connectivity index (χ4v) is 3.72. The molecule has 3 aromatic rings. The highest BCUT2D eigenvalue weighted by atomic mass is 19.1. The molecule has 28 heavy (non-hydrogen) atoms. The Morgan fingerprint density at radius 3 is 2.64 bits per heavy atom. The summed E-state index contributed by atoms with van der Waals surface area (Å²) >= 11 is 0. The van der Waals surface area contributed by atoms with Gasteiger partial charge < -0.3 is 14.8 Å². The third-order valence-electron chi connectivity index (χ3n) is 5.07. The molecule has 142 valence electrons. The van der Waals surface area contributed by atoms with Crippen LogP contribution in [0.2, 0.25) is 0 Å². The molecular formula is C22H18FNO4. The van der Waals surface area contributed by atoms with E-state index < -0.39 is 23.1 Å². The van der Waals surface area contributed by atoms with Crippen molar-refractivity contribution in [2.24, 2.45) is 0 Å². The zero-order chi connectivity index (χ0) is 20.0. The van der Waals surface area contributed by atoms with Crippen LogP contribution in [0.5, 0.6) is 5.75 Å². The highest BCUT2D eigenvalue weighted by molar-refractivity contribution is 6.02. The maximum atomic E-state index is 14.7. The van der Waals surface area contributed by atoms with Gasteiger partial charge in [-0.15, -0.1) is 0 Å². The van der Waals surface area contributed by atoms with Gasteiger partial charge in [0, 0.05) is 29.3 Å². The molecule has 1 aromatic heterocycles. The van der Waals surface area contributed by atoms with E-state index in [1.807, 2.05) is 0 Å². The van der Waals surface area contributed by atoms with E-state index in [1.165, 1.54) is 35.9 Å². The second-order valence-electron chi connectivity index (χ2n) is 6.92. The average molecular weight is 379 g/mol. The number of nitrogens with zero attached hydrogens (tertiary/aromatic N) is 1. The molecule has 4 rings (SSSR count). The van der Waals surface area contributed by atoms with Crippen LogP contribution in [0, 0.1) is 5.82 Å². The van der Waals surface area contributed by atoms with Gasteiger partial charge in [-0.2, -0.15) is 0 Å². The van der Waals surface area contributed by atoms with Crippen molar-refractivity contribution in [3.63, 3.8) is 0 Å². The standard InChI is InChI=1S/C22H18FNO4/c1-12(25)18-10-20(27)21(28)11-24(18)14-4-2-3-13(9-14)22-16-6-8-19(26)15(16)5-7-17(22)23/h2-5,7,9-12,25,28H,6,8H2,1H3. The Hall–Kier alpha value is -3.25. The number of aliphatic hydroxyl groups excluding tert-OH is 1. The van der Waals surface area contributed by atoms with Crippen LogP contribution in [0.25, 0.3) is 16.8 Å². The first-order valence-corrected chi connectivity index (χ1v) is 8.96. The van der Waals surface area contributed by atoms with Crippen LogP contribution in [0.15, 0.2) is 53.5 Å². The third kappa shape index (κ3) is 2.92. The maximum Gasteiger partial charge on any atom is 0.223 e. The van der Waals surface area contributed by atoms with Crippen LogP contribution in [-0.4, -0.2) is 20.6 Å². The number of halogens is 1. The van der Waals surface area contributed by atoms with Crippen molar-refractivity contribution in [3.8, 4) is 22.6 Å². The van der Waals surface area contributed by atoms with Crippen LogP contribution in [0.4, 0.5) is 4.39 Å². The maximum absolute atomic E-state index is 14.7. The molecular weight excluding hydrogens is 361 g/mol. The van der Waals surface area contributed by atoms with Crippen LogP contribution in [0.3, 0.4) is 0 Å². The summed E-state index contributed by atoms with van der Waals surface area (Å²) in [6.45, 7) is 1.52. The lowest BCUT2D eigenvalue weighted by molar-refractivity contribution is 0.0994. The van der Waals surface area contributed by atoms with Crippen LogP contribution < -0.4 is 5.43 Å². The van der Waals surface area contributed by atoms with Gasteiger partial charge in [0.15, 0.2) is 11.5 Å². The molecule has 0 saturated carbocycles. The lowest BCUT2D eigenvalue weighted by Gasteiger charge is -2.17. The van der Waals surface area contributed by atoms with Gasteiger partial charge in [0.25, 0.3) is 0 Å². The monoisotopic (exact) mass is 379 g/mol. The molecule has 6 heteroatoms. The first-order chi connectivity index (χ1) is 13.4. The fourth-order valence-electron chi connectivity index (χ4n) is 3.72. The first-order valence-electron chi connectivity index (χ1n) is 8.96. The summed E-state index contributed by atoms with van der Waals surface area (Å²) in [5.41, 5.74) is 2.46. The van der Waals surface area contributed by atoms with E-state index in [0.29, 0.717) is 46.5 Å². The van der Waals surface area contributed by atoms with Gasteiger partial charge in [0.1, 0.15) is 5.82 Å². The first kappa shape index (κ1) is 18.1. The summed E-state index contributed by atoms with van der Waals surface area (Å²) in [6, 6.07) is 10.9. The minimum atomic E-state index is -0.952. The number of fused-ring (bicyclic) bond motifs is 1. The number of carbonyl (C=O) groups excluding carboxylic acids is 1. The number of carbonyl (C=O) groups is 1. The van der Waals surface area contributed by atoms with Crippen LogP contribution >= 0.6 is 0 Å². The van der Waals surface area contributed by atoms with Crippen molar-refractivity contribution in [2.45, 2.75) is 25.9 Å².